The summed E-state index contributed by atoms with van der Waals surface area (Å²) in [6, 6.07) is 3.64. The number of carbonyl (C=O) groups is 1. The fourth-order valence-electron chi connectivity index (χ4n) is 1.90. The number of nitrogens with one attached hydrogen (secondary N) is 1. The predicted molar refractivity (Wildman–Crippen MR) is 96.4 cm³/mol. The smallest absolute Gasteiger partial charge is 0.311 e. The third-order valence-corrected chi connectivity index (χ3v) is 4.26. The van der Waals surface area contributed by atoms with Gasteiger partial charge in [-0.1, -0.05) is 11.6 Å². The molecule has 24 heavy (non-hydrogen) atoms. The van der Waals surface area contributed by atoms with E-state index in [-0.39, 0.29) is 12.4 Å². The van der Waals surface area contributed by atoms with Gasteiger partial charge in [0.05, 0.1) is 32.0 Å². The fourth-order valence-corrected chi connectivity index (χ4v) is 2.74. The van der Waals surface area contributed by atoms with Crippen LogP contribution in [-0.4, -0.2) is 30.9 Å². The molecule has 0 saturated carbocycles. The van der Waals surface area contributed by atoms with Crippen LogP contribution in [0.25, 0.3) is 0 Å². The summed E-state index contributed by atoms with van der Waals surface area (Å²) in [4.78, 5) is 15.7. The predicted octanol–water partition coefficient (Wildman–Crippen LogP) is 3.67. The van der Waals surface area contributed by atoms with Gasteiger partial charge < -0.3 is 9.47 Å². The number of anilines is 1. The molecule has 0 saturated heterocycles. The van der Waals surface area contributed by atoms with E-state index >= 15 is 0 Å². The van der Waals surface area contributed by atoms with Gasteiger partial charge in [-0.05, 0) is 31.5 Å². The molecule has 8 heteroatoms. The molecule has 128 valence electrons. The summed E-state index contributed by atoms with van der Waals surface area (Å²) in [6.45, 7) is 4.04. The van der Waals surface area contributed by atoms with Crippen molar-refractivity contribution in [3.8, 4) is 5.75 Å². The highest BCUT2D eigenvalue weighted by molar-refractivity contribution is 7.13. The minimum atomic E-state index is -0.295. The summed E-state index contributed by atoms with van der Waals surface area (Å²) in [5, 5.41) is 7.16. The molecular formula is C16H18ClN3O3S. The van der Waals surface area contributed by atoms with Gasteiger partial charge in [0.25, 0.3) is 0 Å². The molecule has 0 radical (unpaired) electrons. The highest BCUT2D eigenvalue weighted by Crippen LogP contribution is 2.25. The van der Waals surface area contributed by atoms with E-state index in [2.05, 4.69) is 15.5 Å². The number of thiazole rings is 1. The Kier molecular flexibility index (Phi) is 6.57. The van der Waals surface area contributed by atoms with E-state index in [0.717, 1.165) is 11.1 Å². The van der Waals surface area contributed by atoms with Crippen LogP contribution in [0, 0.1) is 6.92 Å². The molecule has 1 aromatic carbocycles. The first-order valence-electron chi connectivity index (χ1n) is 7.26. The molecular weight excluding hydrogens is 350 g/mol. The van der Waals surface area contributed by atoms with Crippen molar-refractivity contribution in [2.75, 3.05) is 19.1 Å². The van der Waals surface area contributed by atoms with Gasteiger partial charge >= 0.3 is 5.97 Å². The maximum absolute atomic E-state index is 11.4. The Hall–Kier alpha value is -2.12. The lowest BCUT2D eigenvalue weighted by Crippen LogP contribution is -2.07. The second-order valence-corrected chi connectivity index (χ2v) is 6.10. The van der Waals surface area contributed by atoms with Crippen molar-refractivity contribution < 1.29 is 14.3 Å². The van der Waals surface area contributed by atoms with Gasteiger partial charge in [0.1, 0.15) is 5.75 Å². The molecule has 0 spiro atoms. The molecule has 6 nitrogen and oxygen atoms in total. The van der Waals surface area contributed by atoms with E-state index in [1.165, 1.54) is 11.3 Å². The van der Waals surface area contributed by atoms with E-state index in [9.17, 15) is 4.79 Å². The van der Waals surface area contributed by atoms with Crippen LogP contribution in [0.3, 0.4) is 0 Å². The molecule has 0 fully saturated rings. The Labute approximate surface area is 149 Å². The number of rotatable bonds is 7. The van der Waals surface area contributed by atoms with Crippen LogP contribution in [0.1, 0.15) is 23.7 Å². The standard InChI is InChI=1S/C16H18ClN3O3S/c1-4-23-15(21)7-12-9-24-16(19-12)20-18-8-11-6-13(17)10(2)5-14(11)22-3/h5-6,8-9H,4,7H2,1-3H3,(H,19,20). The lowest BCUT2D eigenvalue weighted by molar-refractivity contribution is -0.142. The maximum atomic E-state index is 11.4. The third kappa shape index (κ3) is 4.94. The SMILES string of the molecule is CCOC(=O)Cc1csc(NN=Cc2cc(Cl)c(C)cc2OC)n1. The summed E-state index contributed by atoms with van der Waals surface area (Å²) < 4.78 is 10.2. The zero-order valence-electron chi connectivity index (χ0n) is 13.6. The summed E-state index contributed by atoms with van der Waals surface area (Å²) in [7, 11) is 1.59. The molecule has 0 bridgehead atoms. The first-order valence-corrected chi connectivity index (χ1v) is 8.52. The summed E-state index contributed by atoms with van der Waals surface area (Å²) in [5.74, 6) is 0.390. The monoisotopic (exact) mass is 367 g/mol. The third-order valence-electron chi connectivity index (χ3n) is 3.06. The Morgan fingerprint density at radius 3 is 3.00 bits per heavy atom. The number of nitrogens with zero attached hydrogens (tertiary/aromatic N) is 2. The van der Waals surface area contributed by atoms with E-state index < -0.39 is 0 Å². The number of aromatic nitrogens is 1. The van der Waals surface area contributed by atoms with Crippen LogP contribution in [0.5, 0.6) is 5.75 Å². The topological polar surface area (TPSA) is 72.8 Å². The Balaban J connectivity index is 2.01. The van der Waals surface area contributed by atoms with Crippen LogP contribution < -0.4 is 10.2 Å². The number of benzene rings is 1. The second-order valence-electron chi connectivity index (χ2n) is 4.84. The number of carbonyl (C=O) groups excluding carboxylic acids is 1. The quantitative estimate of drug-likeness (QED) is 0.459. The number of hydrogen-bond donors (Lipinski definition) is 1. The lowest BCUT2D eigenvalue weighted by Gasteiger charge is -2.07. The molecule has 1 aromatic heterocycles. The number of halogens is 1. The number of hydrogen-bond acceptors (Lipinski definition) is 7. The molecule has 1 heterocycles. The molecule has 1 N–H and O–H groups in total. The second kappa shape index (κ2) is 8.65. The van der Waals surface area contributed by atoms with Crippen molar-refractivity contribution in [2.24, 2.45) is 5.10 Å². The van der Waals surface area contributed by atoms with E-state index in [4.69, 9.17) is 21.1 Å². The van der Waals surface area contributed by atoms with Gasteiger partial charge in [-0.15, -0.1) is 11.3 Å². The van der Waals surface area contributed by atoms with E-state index in [1.54, 1.807) is 31.7 Å². The molecule has 2 rings (SSSR count). The Bertz CT molecular complexity index is 746. The number of ether oxygens (including phenoxy) is 2. The van der Waals surface area contributed by atoms with Crippen LogP contribution in [0.15, 0.2) is 22.6 Å². The molecule has 0 aliphatic heterocycles. The molecule has 0 atom stereocenters. The largest absolute Gasteiger partial charge is 0.496 e. The van der Waals surface area contributed by atoms with E-state index in [0.29, 0.717) is 28.2 Å². The molecule has 0 aliphatic carbocycles. The highest BCUT2D eigenvalue weighted by Gasteiger charge is 2.08. The number of hydrazone groups is 1. The maximum Gasteiger partial charge on any atom is 0.311 e. The average molecular weight is 368 g/mol. The number of esters is 1. The lowest BCUT2D eigenvalue weighted by atomic mass is 10.1. The van der Waals surface area contributed by atoms with Gasteiger partial charge in [0.2, 0.25) is 5.13 Å². The van der Waals surface area contributed by atoms with Gasteiger partial charge in [-0.25, -0.2) is 4.98 Å². The Morgan fingerprint density at radius 1 is 1.50 bits per heavy atom. The zero-order valence-corrected chi connectivity index (χ0v) is 15.2. The highest BCUT2D eigenvalue weighted by atomic mass is 35.5. The molecule has 0 unspecified atom stereocenters. The molecule has 0 amide bonds. The van der Waals surface area contributed by atoms with Crippen molar-refractivity contribution >= 4 is 40.3 Å². The molecule has 2 aromatic rings. The van der Waals surface area contributed by atoms with Gasteiger partial charge in [-0.3, -0.25) is 10.2 Å². The van der Waals surface area contributed by atoms with Crippen LogP contribution in [-0.2, 0) is 16.0 Å². The van der Waals surface area contributed by atoms with Gasteiger partial charge in [-0.2, -0.15) is 5.10 Å². The number of aryl methyl sites for hydroxylation is 1. The fraction of sp³-hybridized carbons (Fsp3) is 0.312. The summed E-state index contributed by atoms with van der Waals surface area (Å²) >= 11 is 7.48. The first kappa shape index (κ1) is 18.2. The van der Waals surface area contributed by atoms with Crippen LogP contribution in [0.4, 0.5) is 5.13 Å². The van der Waals surface area contributed by atoms with Gasteiger partial charge in [0, 0.05) is 16.0 Å². The summed E-state index contributed by atoms with van der Waals surface area (Å²) in [5.41, 5.74) is 5.16. The van der Waals surface area contributed by atoms with Gasteiger partial charge in [0.15, 0.2) is 0 Å². The van der Waals surface area contributed by atoms with Crippen molar-refractivity contribution in [3.63, 3.8) is 0 Å². The minimum Gasteiger partial charge on any atom is -0.496 e. The van der Waals surface area contributed by atoms with Crippen molar-refractivity contribution in [2.45, 2.75) is 20.3 Å². The number of methoxy groups -OCH3 is 1. The van der Waals surface area contributed by atoms with Crippen molar-refractivity contribution in [1.29, 1.82) is 0 Å². The zero-order chi connectivity index (χ0) is 17.5. The first-order chi connectivity index (χ1) is 11.5. The minimum absolute atomic E-state index is 0.150. The Morgan fingerprint density at radius 2 is 2.29 bits per heavy atom. The van der Waals surface area contributed by atoms with Crippen molar-refractivity contribution in [3.05, 3.63) is 39.4 Å². The van der Waals surface area contributed by atoms with Crippen LogP contribution in [0.2, 0.25) is 5.02 Å². The van der Waals surface area contributed by atoms with E-state index in [1.807, 2.05) is 13.0 Å². The molecule has 0 aliphatic rings. The summed E-state index contributed by atoms with van der Waals surface area (Å²) in [6.07, 6.45) is 1.76. The van der Waals surface area contributed by atoms with Crippen LogP contribution >= 0.6 is 22.9 Å². The average Bonchev–Trinajstić information content (AvgIpc) is 2.98. The normalized spacial score (nSPS) is 10.8. The van der Waals surface area contributed by atoms with Crippen molar-refractivity contribution in [1.82, 2.24) is 4.98 Å².